The van der Waals surface area contributed by atoms with Crippen LogP contribution in [0.15, 0.2) is 59.3 Å². The predicted octanol–water partition coefficient (Wildman–Crippen LogP) is 4.23. The van der Waals surface area contributed by atoms with Crippen molar-refractivity contribution in [2.75, 3.05) is 20.6 Å². The van der Waals surface area contributed by atoms with Gasteiger partial charge in [0.05, 0.1) is 0 Å². The first-order valence-electron chi connectivity index (χ1n) is 6.68. The van der Waals surface area contributed by atoms with Crippen LogP contribution in [0.1, 0.15) is 17.5 Å². The van der Waals surface area contributed by atoms with Gasteiger partial charge in [0.2, 0.25) is 0 Å². The molecule has 1 aromatic carbocycles. The van der Waals surface area contributed by atoms with Gasteiger partial charge in [-0.1, -0.05) is 40.2 Å². The van der Waals surface area contributed by atoms with Crippen LogP contribution in [-0.4, -0.2) is 30.5 Å². The highest BCUT2D eigenvalue weighted by Crippen LogP contribution is 2.24. The maximum Gasteiger partial charge on any atom is 0.0346 e. The molecule has 0 saturated carbocycles. The fraction of sp³-hybridized carbons (Fsp3) is 0.235. The summed E-state index contributed by atoms with van der Waals surface area (Å²) in [6.45, 7) is 1.04. The topological polar surface area (TPSA) is 16.1 Å². The molecule has 0 aliphatic rings. The normalized spacial score (nSPS) is 11.9. The summed E-state index contributed by atoms with van der Waals surface area (Å²) in [6.07, 6.45) is 7.04. The molecule has 0 fully saturated rings. The molecule has 0 saturated heterocycles. The summed E-state index contributed by atoms with van der Waals surface area (Å²) >= 11 is 3.48. The van der Waals surface area contributed by atoms with Crippen molar-refractivity contribution in [1.29, 1.82) is 0 Å². The maximum atomic E-state index is 4.23. The van der Waals surface area contributed by atoms with Gasteiger partial charge < -0.3 is 4.90 Å². The van der Waals surface area contributed by atoms with E-state index in [1.807, 2.05) is 18.5 Å². The molecule has 0 unspecified atom stereocenters. The second-order valence-corrected chi connectivity index (χ2v) is 5.87. The highest BCUT2D eigenvalue weighted by Gasteiger charge is 2.05. The van der Waals surface area contributed by atoms with E-state index in [1.54, 1.807) is 0 Å². The van der Waals surface area contributed by atoms with Crippen LogP contribution in [0.4, 0.5) is 0 Å². The lowest BCUT2D eigenvalue weighted by Gasteiger charge is -2.11. The molecule has 0 N–H and O–H groups in total. The Morgan fingerprint density at radius 1 is 1.15 bits per heavy atom. The van der Waals surface area contributed by atoms with Gasteiger partial charge in [0.25, 0.3) is 0 Å². The summed E-state index contributed by atoms with van der Waals surface area (Å²) in [5.74, 6) is 0. The van der Waals surface area contributed by atoms with E-state index in [0.29, 0.717) is 0 Å². The van der Waals surface area contributed by atoms with Crippen molar-refractivity contribution < 1.29 is 0 Å². The third-order valence-corrected chi connectivity index (χ3v) is 3.58. The van der Waals surface area contributed by atoms with Gasteiger partial charge in [0.1, 0.15) is 0 Å². The smallest absolute Gasteiger partial charge is 0.0346 e. The zero-order chi connectivity index (χ0) is 14.4. The van der Waals surface area contributed by atoms with Crippen LogP contribution in [0.5, 0.6) is 0 Å². The van der Waals surface area contributed by atoms with Crippen molar-refractivity contribution >= 4 is 21.5 Å². The summed E-state index contributed by atoms with van der Waals surface area (Å²) < 4.78 is 1.10. The second-order valence-electron chi connectivity index (χ2n) is 4.96. The molecular weight excluding hydrogens is 312 g/mol. The van der Waals surface area contributed by atoms with Crippen molar-refractivity contribution in [3.05, 3.63) is 70.5 Å². The molecule has 0 aliphatic carbocycles. The van der Waals surface area contributed by atoms with Gasteiger partial charge in [-0.25, -0.2) is 0 Å². The number of benzene rings is 1. The zero-order valence-corrected chi connectivity index (χ0v) is 13.5. The number of hydrogen-bond donors (Lipinski definition) is 0. The summed E-state index contributed by atoms with van der Waals surface area (Å²) in [7, 11) is 4.19. The fourth-order valence-corrected chi connectivity index (χ4v) is 2.29. The minimum atomic E-state index is 1.02. The van der Waals surface area contributed by atoms with Crippen LogP contribution in [0.25, 0.3) is 5.57 Å². The Balaban J connectivity index is 2.31. The number of pyridine rings is 1. The van der Waals surface area contributed by atoms with Crippen molar-refractivity contribution in [2.45, 2.75) is 6.42 Å². The Labute approximate surface area is 129 Å². The lowest BCUT2D eigenvalue weighted by Crippen LogP contribution is -2.12. The molecule has 3 heteroatoms. The molecular formula is C17H19BrN2. The molecule has 2 rings (SSSR count). The maximum absolute atomic E-state index is 4.23. The number of aromatic nitrogens is 1. The van der Waals surface area contributed by atoms with Gasteiger partial charge in [-0.2, -0.15) is 0 Å². The first-order chi connectivity index (χ1) is 9.66. The minimum absolute atomic E-state index is 1.02. The average molecular weight is 331 g/mol. The second kappa shape index (κ2) is 7.36. The molecule has 20 heavy (non-hydrogen) atoms. The summed E-state index contributed by atoms with van der Waals surface area (Å²) in [6, 6.07) is 12.5. The van der Waals surface area contributed by atoms with E-state index in [0.717, 1.165) is 23.0 Å². The molecule has 2 nitrogen and oxygen atoms in total. The largest absolute Gasteiger partial charge is 0.309 e. The molecule has 1 aromatic heterocycles. The molecule has 0 radical (unpaired) electrons. The SMILES string of the molecule is CN(C)CCC=C(c1ccc(Br)cc1)c1cccnc1. The Kier molecular flexibility index (Phi) is 5.50. The van der Waals surface area contributed by atoms with E-state index in [-0.39, 0.29) is 0 Å². The molecule has 0 bridgehead atoms. The molecule has 2 aromatic rings. The van der Waals surface area contributed by atoms with Gasteiger partial charge in [0.15, 0.2) is 0 Å². The number of rotatable bonds is 5. The Bertz CT molecular complexity index is 559. The number of nitrogens with zero attached hydrogens (tertiary/aromatic N) is 2. The van der Waals surface area contributed by atoms with Crippen molar-refractivity contribution in [1.82, 2.24) is 9.88 Å². The van der Waals surface area contributed by atoms with E-state index in [2.05, 4.69) is 76.3 Å². The van der Waals surface area contributed by atoms with Crippen LogP contribution in [-0.2, 0) is 0 Å². The summed E-state index contributed by atoms with van der Waals surface area (Å²) in [5.41, 5.74) is 3.63. The lowest BCUT2D eigenvalue weighted by atomic mass is 9.98. The molecule has 0 spiro atoms. The molecule has 1 heterocycles. The van der Waals surface area contributed by atoms with E-state index >= 15 is 0 Å². The predicted molar refractivity (Wildman–Crippen MR) is 88.6 cm³/mol. The fourth-order valence-electron chi connectivity index (χ4n) is 2.02. The molecule has 104 valence electrons. The third kappa shape index (κ3) is 4.29. The van der Waals surface area contributed by atoms with Gasteiger partial charge >= 0.3 is 0 Å². The van der Waals surface area contributed by atoms with E-state index in [1.165, 1.54) is 11.1 Å². The van der Waals surface area contributed by atoms with Gasteiger partial charge in [-0.05, 0) is 49.9 Å². The first-order valence-corrected chi connectivity index (χ1v) is 7.47. The average Bonchev–Trinajstić information content (AvgIpc) is 2.46. The van der Waals surface area contributed by atoms with Crippen LogP contribution in [0, 0.1) is 0 Å². The van der Waals surface area contributed by atoms with Crippen LogP contribution >= 0.6 is 15.9 Å². The van der Waals surface area contributed by atoms with E-state index in [4.69, 9.17) is 0 Å². The first kappa shape index (κ1) is 14.9. The van der Waals surface area contributed by atoms with Crippen molar-refractivity contribution in [2.24, 2.45) is 0 Å². The summed E-state index contributed by atoms with van der Waals surface area (Å²) in [5, 5.41) is 0. The highest BCUT2D eigenvalue weighted by atomic mass is 79.9. The lowest BCUT2D eigenvalue weighted by molar-refractivity contribution is 0.417. The number of hydrogen-bond acceptors (Lipinski definition) is 2. The summed E-state index contributed by atoms with van der Waals surface area (Å²) in [4.78, 5) is 6.42. The minimum Gasteiger partial charge on any atom is -0.309 e. The van der Waals surface area contributed by atoms with E-state index < -0.39 is 0 Å². The Morgan fingerprint density at radius 3 is 2.50 bits per heavy atom. The highest BCUT2D eigenvalue weighted by molar-refractivity contribution is 9.10. The van der Waals surface area contributed by atoms with Crippen molar-refractivity contribution in [3.8, 4) is 0 Å². The van der Waals surface area contributed by atoms with Crippen LogP contribution in [0.2, 0.25) is 0 Å². The van der Waals surface area contributed by atoms with Crippen LogP contribution in [0.3, 0.4) is 0 Å². The van der Waals surface area contributed by atoms with Gasteiger partial charge in [-0.3, -0.25) is 4.98 Å². The molecule has 0 amide bonds. The third-order valence-electron chi connectivity index (χ3n) is 3.05. The van der Waals surface area contributed by atoms with Crippen molar-refractivity contribution in [3.63, 3.8) is 0 Å². The van der Waals surface area contributed by atoms with E-state index in [9.17, 15) is 0 Å². The van der Waals surface area contributed by atoms with Gasteiger partial charge in [0, 0.05) is 29.0 Å². The zero-order valence-electron chi connectivity index (χ0n) is 11.9. The quantitative estimate of drug-likeness (QED) is 0.815. The Morgan fingerprint density at radius 2 is 1.90 bits per heavy atom. The monoisotopic (exact) mass is 330 g/mol. The van der Waals surface area contributed by atoms with Gasteiger partial charge in [-0.15, -0.1) is 0 Å². The molecule has 0 atom stereocenters. The number of halogens is 1. The van der Waals surface area contributed by atoms with Crippen LogP contribution < -0.4 is 0 Å². The molecule has 0 aliphatic heterocycles. The standard InChI is InChI=1S/C17H19BrN2/c1-20(2)12-4-6-17(15-5-3-11-19-13-15)14-7-9-16(18)10-8-14/h3,5-11,13H,4,12H2,1-2H3. The Hall–Kier alpha value is -1.45.